The molecule has 1 aliphatic rings. The Morgan fingerprint density at radius 3 is 2.67 bits per heavy atom. The molecule has 0 aliphatic heterocycles. The van der Waals surface area contributed by atoms with E-state index in [2.05, 4.69) is 12.2 Å². The summed E-state index contributed by atoms with van der Waals surface area (Å²) in [5.41, 5.74) is 0. The molecule has 2 nitrogen and oxygen atoms in total. The number of hydrogen-bond donors (Lipinski definition) is 1. The highest BCUT2D eigenvalue weighted by Crippen LogP contribution is 2.36. The summed E-state index contributed by atoms with van der Waals surface area (Å²) in [5, 5.41) is 3.04. The first-order chi connectivity index (χ1) is 7.19. The van der Waals surface area contributed by atoms with Crippen molar-refractivity contribution in [3.63, 3.8) is 0 Å². The lowest BCUT2D eigenvalue weighted by atomic mass is 10.0. The summed E-state index contributed by atoms with van der Waals surface area (Å²) in [5.74, 6) is 2.31. The number of rotatable bonds is 7. The van der Waals surface area contributed by atoms with Gasteiger partial charge in [-0.25, -0.2) is 0 Å². The highest BCUT2D eigenvalue weighted by molar-refractivity contribution is 6.17. The third kappa shape index (κ3) is 4.42. The molecule has 0 aromatic rings. The molecular weight excluding hydrogens is 210 g/mol. The van der Waals surface area contributed by atoms with E-state index in [9.17, 15) is 4.79 Å². The van der Waals surface area contributed by atoms with Gasteiger partial charge in [-0.15, -0.1) is 11.6 Å². The summed E-state index contributed by atoms with van der Waals surface area (Å²) in [6.45, 7) is 4.97. The van der Waals surface area contributed by atoms with Gasteiger partial charge in [0, 0.05) is 18.3 Å². The SMILES string of the molecule is CCC(CCCl)CNC(=O)C(C)C1CC1. The lowest BCUT2D eigenvalue weighted by molar-refractivity contribution is -0.125. The van der Waals surface area contributed by atoms with Gasteiger partial charge in [-0.2, -0.15) is 0 Å². The zero-order valence-corrected chi connectivity index (χ0v) is 10.5. The van der Waals surface area contributed by atoms with Crippen LogP contribution < -0.4 is 5.32 Å². The van der Waals surface area contributed by atoms with Gasteiger partial charge in [0.15, 0.2) is 0 Å². The molecule has 0 heterocycles. The van der Waals surface area contributed by atoms with Crippen LogP contribution in [0.15, 0.2) is 0 Å². The molecule has 2 atom stereocenters. The number of halogens is 1. The average molecular weight is 232 g/mol. The molecule has 0 bridgehead atoms. The van der Waals surface area contributed by atoms with Crippen molar-refractivity contribution >= 4 is 17.5 Å². The van der Waals surface area contributed by atoms with Crippen LogP contribution in [-0.2, 0) is 4.79 Å². The number of hydrogen-bond acceptors (Lipinski definition) is 1. The largest absolute Gasteiger partial charge is 0.356 e. The molecule has 0 spiro atoms. The molecule has 0 saturated heterocycles. The van der Waals surface area contributed by atoms with E-state index in [-0.39, 0.29) is 11.8 Å². The summed E-state index contributed by atoms with van der Waals surface area (Å²) < 4.78 is 0. The maximum atomic E-state index is 11.7. The highest BCUT2D eigenvalue weighted by Gasteiger charge is 2.32. The molecule has 1 amide bonds. The van der Waals surface area contributed by atoms with Crippen molar-refractivity contribution < 1.29 is 4.79 Å². The number of amides is 1. The molecule has 1 aliphatic carbocycles. The summed E-state index contributed by atoms with van der Waals surface area (Å²) in [7, 11) is 0. The molecular formula is C12H22ClNO. The maximum absolute atomic E-state index is 11.7. The third-order valence-corrected chi connectivity index (χ3v) is 3.62. The minimum Gasteiger partial charge on any atom is -0.356 e. The Balaban J connectivity index is 2.19. The maximum Gasteiger partial charge on any atom is 0.223 e. The Morgan fingerprint density at radius 1 is 1.53 bits per heavy atom. The van der Waals surface area contributed by atoms with Crippen molar-refractivity contribution in [1.29, 1.82) is 0 Å². The van der Waals surface area contributed by atoms with Gasteiger partial charge in [0.1, 0.15) is 0 Å². The van der Waals surface area contributed by atoms with Gasteiger partial charge < -0.3 is 5.32 Å². The van der Waals surface area contributed by atoms with Gasteiger partial charge in [-0.1, -0.05) is 20.3 Å². The summed E-state index contributed by atoms with van der Waals surface area (Å²) in [4.78, 5) is 11.7. The van der Waals surface area contributed by atoms with E-state index < -0.39 is 0 Å². The third-order valence-electron chi connectivity index (χ3n) is 3.40. The highest BCUT2D eigenvalue weighted by atomic mass is 35.5. The lowest BCUT2D eigenvalue weighted by Crippen LogP contribution is -2.34. The zero-order chi connectivity index (χ0) is 11.3. The Bertz CT molecular complexity index is 204. The molecule has 88 valence electrons. The fourth-order valence-corrected chi connectivity index (χ4v) is 2.13. The van der Waals surface area contributed by atoms with Gasteiger partial charge in [0.25, 0.3) is 0 Å². The van der Waals surface area contributed by atoms with Crippen molar-refractivity contribution in [2.45, 2.75) is 39.5 Å². The van der Waals surface area contributed by atoms with Gasteiger partial charge in [-0.3, -0.25) is 4.79 Å². The van der Waals surface area contributed by atoms with Crippen LogP contribution in [0.3, 0.4) is 0 Å². The van der Waals surface area contributed by atoms with Crippen molar-refractivity contribution in [3.05, 3.63) is 0 Å². The number of alkyl halides is 1. The topological polar surface area (TPSA) is 29.1 Å². The van der Waals surface area contributed by atoms with Crippen molar-refractivity contribution in [2.75, 3.05) is 12.4 Å². The van der Waals surface area contributed by atoms with Gasteiger partial charge in [0.2, 0.25) is 5.91 Å². The minimum absolute atomic E-state index is 0.207. The molecule has 1 N–H and O–H groups in total. The van der Waals surface area contributed by atoms with Crippen molar-refractivity contribution in [2.24, 2.45) is 17.8 Å². The van der Waals surface area contributed by atoms with Crippen LogP contribution in [0.25, 0.3) is 0 Å². The smallest absolute Gasteiger partial charge is 0.223 e. The Kier molecular flexibility index (Phi) is 5.44. The van der Waals surface area contributed by atoms with Crippen LogP contribution in [0.4, 0.5) is 0 Å². The predicted molar refractivity (Wildman–Crippen MR) is 64.0 cm³/mol. The van der Waals surface area contributed by atoms with Crippen LogP contribution in [0.5, 0.6) is 0 Å². The predicted octanol–water partition coefficient (Wildman–Crippen LogP) is 2.80. The lowest BCUT2D eigenvalue weighted by Gasteiger charge is -2.16. The summed E-state index contributed by atoms with van der Waals surface area (Å²) in [6.07, 6.45) is 4.54. The van der Waals surface area contributed by atoms with Crippen LogP contribution in [0, 0.1) is 17.8 Å². The Morgan fingerprint density at radius 2 is 2.20 bits per heavy atom. The second-order valence-corrected chi connectivity index (χ2v) is 5.00. The standard InChI is InChI=1S/C12H22ClNO/c1-3-10(6-7-13)8-14-12(15)9(2)11-4-5-11/h9-11H,3-8H2,1-2H3,(H,14,15). The second kappa shape index (κ2) is 6.37. The van der Waals surface area contributed by atoms with Gasteiger partial charge >= 0.3 is 0 Å². The van der Waals surface area contributed by atoms with E-state index in [1.165, 1.54) is 12.8 Å². The fourth-order valence-electron chi connectivity index (χ4n) is 1.82. The molecule has 0 aromatic heterocycles. The normalized spacial score (nSPS) is 19.7. The van der Waals surface area contributed by atoms with Crippen LogP contribution >= 0.6 is 11.6 Å². The molecule has 3 heteroatoms. The minimum atomic E-state index is 0.207. The fraction of sp³-hybridized carbons (Fsp3) is 0.917. The number of carbonyl (C=O) groups excluding carboxylic acids is 1. The van der Waals surface area contributed by atoms with E-state index in [1.54, 1.807) is 0 Å². The molecule has 2 unspecified atom stereocenters. The second-order valence-electron chi connectivity index (χ2n) is 4.62. The average Bonchev–Trinajstić information content (AvgIpc) is 3.06. The van der Waals surface area contributed by atoms with E-state index in [1.807, 2.05) is 6.92 Å². The quantitative estimate of drug-likeness (QED) is 0.671. The summed E-state index contributed by atoms with van der Waals surface area (Å²) >= 11 is 5.70. The number of nitrogens with one attached hydrogen (secondary N) is 1. The van der Waals surface area contributed by atoms with E-state index in [0.29, 0.717) is 17.7 Å². The van der Waals surface area contributed by atoms with Gasteiger partial charge in [0.05, 0.1) is 0 Å². The van der Waals surface area contributed by atoms with E-state index in [4.69, 9.17) is 11.6 Å². The van der Waals surface area contributed by atoms with Crippen LogP contribution in [0.2, 0.25) is 0 Å². The molecule has 15 heavy (non-hydrogen) atoms. The zero-order valence-electron chi connectivity index (χ0n) is 9.76. The number of carbonyl (C=O) groups is 1. The first-order valence-corrected chi connectivity index (χ1v) is 6.56. The monoisotopic (exact) mass is 231 g/mol. The van der Waals surface area contributed by atoms with E-state index in [0.717, 1.165) is 19.4 Å². The molecule has 1 rings (SSSR count). The van der Waals surface area contributed by atoms with Crippen LogP contribution in [0.1, 0.15) is 39.5 Å². The molecule has 0 radical (unpaired) electrons. The molecule has 0 aromatic carbocycles. The first kappa shape index (κ1) is 12.8. The molecule has 1 fully saturated rings. The molecule has 1 saturated carbocycles. The van der Waals surface area contributed by atoms with Crippen molar-refractivity contribution in [1.82, 2.24) is 5.32 Å². The van der Waals surface area contributed by atoms with E-state index >= 15 is 0 Å². The van der Waals surface area contributed by atoms with Gasteiger partial charge in [-0.05, 0) is 31.1 Å². The summed E-state index contributed by atoms with van der Waals surface area (Å²) in [6, 6.07) is 0. The Labute approximate surface area is 97.8 Å². The van der Waals surface area contributed by atoms with Crippen molar-refractivity contribution in [3.8, 4) is 0 Å². The van der Waals surface area contributed by atoms with Crippen LogP contribution in [-0.4, -0.2) is 18.3 Å². The first-order valence-electron chi connectivity index (χ1n) is 6.02. The Hall–Kier alpha value is -0.240.